The van der Waals surface area contributed by atoms with Crippen molar-refractivity contribution >= 4 is 5.91 Å². The van der Waals surface area contributed by atoms with Gasteiger partial charge in [-0.3, -0.25) is 4.79 Å². The van der Waals surface area contributed by atoms with Crippen molar-refractivity contribution < 1.29 is 4.79 Å². The normalized spacial score (nSPS) is 34.5. The monoisotopic (exact) mass is 266 g/mol. The molecule has 3 atom stereocenters. The van der Waals surface area contributed by atoms with E-state index in [1.807, 2.05) is 0 Å². The summed E-state index contributed by atoms with van der Waals surface area (Å²) in [5, 5.41) is 0. The molecule has 2 rings (SSSR count). The molecule has 1 amide bonds. The largest absolute Gasteiger partial charge is 0.342 e. The number of carbonyl (C=O) groups excluding carboxylic acids is 1. The van der Waals surface area contributed by atoms with Crippen LogP contribution in [0.15, 0.2) is 0 Å². The van der Waals surface area contributed by atoms with Gasteiger partial charge in [-0.2, -0.15) is 0 Å². The van der Waals surface area contributed by atoms with Crippen LogP contribution in [0.2, 0.25) is 0 Å². The third-order valence-electron chi connectivity index (χ3n) is 5.93. The van der Waals surface area contributed by atoms with E-state index in [1.165, 1.54) is 19.3 Å². The minimum atomic E-state index is 0.174. The molecule has 19 heavy (non-hydrogen) atoms. The summed E-state index contributed by atoms with van der Waals surface area (Å²) in [6.45, 7) is 8.61. The SMILES string of the molecule is CCC1(CC)CCN(C(=O)C2CCCC(N)C2C)C1. The Morgan fingerprint density at radius 2 is 2.00 bits per heavy atom. The van der Waals surface area contributed by atoms with Gasteiger partial charge in [0, 0.05) is 25.0 Å². The van der Waals surface area contributed by atoms with E-state index in [2.05, 4.69) is 25.7 Å². The van der Waals surface area contributed by atoms with Crippen LogP contribution in [0.3, 0.4) is 0 Å². The van der Waals surface area contributed by atoms with Gasteiger partial charge in [0.1, 0.15) is 0 Å². The molecule has 0 radical (unpaired) electrons. The van der Waals surface area contributed by atoms with Crippen molar-refractivity contribution in [3.05, 3.63) is 0 Å². The molecule has 1 aliphatic carbocycles. The van der Waals surface area contributed by atoms with E-state index in [4.69, 9.17) is 5.73 Å². The Hall–Kier alpha value is -0.570. The van der Waals surface area contributed by atoms with E-state index in [0.717, 1.165) is 32.4 Å². The summed E-state index contributed by atoms with van der Waals surface area (Å²) in [4.78, 5) is 14.9. The van der Waals surface area contributed by atoms with Gasteiger partial charge in [0.15, 0.2) is 0 Å². The average molecular weight is 266 g/mol. The van der Waals surface area contributed by atoms with Gasteiger partial charge in [0.25, 0.3) is 0 Å². The molecule has 3 unspecified atom stereocenters. The fourth-order valence-electron chi connectivity index (χ4n) is 3.93. The first-order chi connectivity index (χ1) is 9.03. The lowest BCUT2D eigenvalue weighted by Crippen LogP contribution is -2.45. The summed E-state index contributed by atoms with van der Waals surface area (Å²) in [7, 11) is 0. The van der Waals surface area contributed by atoms with Gasteiger partial charge >= 0.3 is 0 Å². The van der Waals surface area contributed by atoms with Crippen molar-refractivity contribution in [3.63, 3.8) is 0 Å². The predicted octanol–water partition coefficient (Wildman–Crippen LogP) is 2.79. The van der Waals surface area contributed by atoms with E-state index in [-0.39, 0.29) is 12.0 Å². The lowest BCUT2D eigenvalue weighted by molar-refractivity contribution is -0.138. The van der Waals surface area contributed by atoms with Crippen LogP contribution < -0.4 is 5.73 Å². The van der Waals surface area contributed by atoms with Crippen molar-refractivity contribution in [3.8, 4) is 0 Å². The first kappa shape index (κ1) is 14.8. The Morgan fingerprint density at radius 3 is 2.58 bits per heavy atom. The summed E-state index contributed by atoms with van der Waals surface area (Å²) < 4.78 is 0. The van der Waals surface area contributed by atoms with Crippen molar-refractivity contribution in [1.29, 1.82) is 0 Å². The van der Waals surface area contributed by atoms with Gasteiger partial charge in [0.05, 0.1) is 0 Å². The lowest BCUT2D eigenvalue weighted by atomic mass is 9.76. The second-order valence-electron chi connectivity index (χ2n) is 6.78. The molecule has 3 heteroatoms. The molecular weight excluding hydrogens is 236 g/mol. The molecule has 2 aliphatic rings. The summed E-state index contributed by atoms with van der Waals surface area (Å²) in [6.07, 6.45) is 6.79. The molecule has 0 aromatic carbocycles. The number of amides is 1. The van der Waals surface area contributed by atoms with E-state index in [1.54, 1.807) is 0 Å². The van der Waals surface area contributed by atoms with E-state index < -0.39 is 0 Å². The molecule has 2 fully saturated rings. The fraction of sp³-hybridized carbons (Fsp3) is 0.938. The Kier molecular flexibility index (Phi) is 4.54. The molecule has 0 spiro atoms. The van der Waals surface area contributed by atoms with Gasteiger partial charge in [-0.05, 0) is 43.4 Å². The topological polar surface area (TPSA) is 46.3 Å². The van der Waals surface area contributed by atoms with Crippen molar-refractivity contribution in [2.45, 2.75) is 65.3 Å². The molecule has 1 aliphatic heterocycles. The smallest absolute Gasteiger partial charge is 0.226 e. The highest BCUT2D eigenvalue weighted by Crippen LogP contribution is 2.39. The zero-order valence-corrected chi connectivity index (χ0v) is 12.8. The molecule has 0 bridgehead atoms. The molecule has 1 saturated heterocycles. The minimum Gasteiger partial charge on any atom is -0.342 e. The van der Waals surface area contributed by atoms with E-state index >= 15 is 0 Å². The van der Waals surface area contributed by atoms with Gasteiger partial charge in [-0.1, -0.05) is 27.2 Å². The molecular formula is C16H30N2O. The second-order valence-corrected chi connectivity index (χ2v) is 6.78. The zero-order chi connectivity index (χ0) is 14.0. The predicted molar refractivity (Wildman–Crippen MR) is 78.7 cm³/mol. The molecule has 0 aromatic rings. The van der Waals surface area contributed by atoms with Crippen LogP contribution in [0.5, 0.6) is 0 Å². The lowest BCUT2D eigenvalue weighted by Gasteiger charge is -2.36. The van der Waals surface area contributed by atoms with Crippen molar-refractivity contribution in [1.82, 2.24) is 4.90 Å². The van der Waals surface area contributed by atoms with Crippen molar-refractivity contribution in [2.75, 3.05) is 13.1 Å². The summed E-state index contributed by atoms with van der Waals surface area (Å²) in [5.41, 5.74) is 6.52. The summed E-state index contributed by atoms with van der Waals surface area (Å²) in [6, 6.07) is 0.215. The third-order valence-corrected chi connectivity index (χ3v) is 5.93. The maximum absolute atomic E-state index is 12.7. The number of hydrogen-bond donors (Lipinski definition) is 1. The number of rotatable bonds is 3. The Morgan fingerprint density at radius 1 is 1.32 bits per heavy atom. The highest BCUT2D eigenvalue weighted by atomic mass is 16.2. The number of nitrogens with zero attached hydrogens (tertiary/aromatic N) is 1. The maximum Gasteiger partial charge on any atom is 0.226 e. The molecule has 2 N–H and O–H groups in total. The van der Waals surface area contributed by atoms with E-state index in [9.17, 15) is 4.79 Å². The second kappa shape index (κ2) is 5.82. The standard InChI is InChI=1S/C16H30N2O/c1-4-16(5-2)9-10-18(11-16)15(19)13-7-6-8-14(17)12(13)3/h12-14H,4-11,17H2,1-3H3. The Bertz CT molecular complexity index is 325. The zero-order valence-electron chi connectivity index (χ0n) is 12.8. The third kappa shape index (κ3) is 2.81. The summed E-state index contributed by atoms with van der Waals surface area (Å²) >= 11 is 0. The highest BCUT2D eigenvalue weighted by molar-refractivity contribution is 5.79. The van der Waals surface area contributed by atoms with Crippen LogP contribution in [0.25, 0.3) is 0 Å². The van der Waals surface area contributed by atoms with Crippen molar-refractivity contribution in [2.24, 2.45) is 23.0 Å². The van der Waals surface area contributed by atoms with Crippen LogP contribution in [0.1, 0.15) is 59.3 Å². The molecule has 1 saturated carbocycles. The van der Waals surface area contributed by atoms with E-state index in [0.29, 0.717) is 17.2 Å². The number of carbonyl (C=O) groups is 1. The maximum atomic E-state index is 12.7. The first-order valence-electron chi connectivity index (χ1n) is 8.07. The van der Waals surface area contributed by atoms with Crippen LogP contribution in [0, 0.1) is 17.3 Å². The van der Waals surface area contributed by atoms with Gasteiger partial charge < -0.3 is 10.6 Å². The minimum absolute atomic E-state index is 0.174. The van der Waals surface area contributed by atoms with Crippen LogP contribution in [-0.4, -0.2) is 29.9 Å². The fourth-order valence-corrected chi connectivity index (χ4v) is 3.93. The van der Waals surface area contributed by atoms with Crippen LogP contribution in [-0.2, 0) is 4.79 Å². The molecule has 3 nitrogen and oxygen atoms in total. The van der Waals surface area contributed by atoms with Crippen LogP contribution >= 0.6 is 0 Å². The Labute approximate surface area is 117 Å². The van der Waals surface area contributed by atoms with Gasteiger partial charge in [0.2, 0.25) is 5.91 Å². The van der Waals surface area contributed by atoms with Crippen LogP contribution in [0.4, 0.5) is 0 Å². The quantitative estimate of drug-likeness (QED) is 0.854. The van der Waals surface area contributed by atoms with Gasteiger partial charge in [-0.25, -0.2) is 0 Å². The van der Waals surface area contributed by atoms with Gasteiger partial charge in [-0.15, -0.1) is 0 Å². The Balaban J connectivity index is 2.01. The average Bonchev–Trinajstić information content (AvgIpc) is 2.86. The first-order valence-corrected chi connectivity index (χ1v) is 8.07. The number of likely N-dealkylation sites (tertiary alicyclic amines) is 1. The number of nitrogens with two attached hydrogens (primary N) is 1. The summed E-state index contributed by atoms with van der Waals surface area (Å²) in [5.74, 6) is 0.902. The highest BCUT2D eigenvalue weighted by Gasteiger charge is 2.41. The number of hydrogen-bond acceptors (Lipinski definition) is 2. The molecule has 0 aromatic heterocycles. The molecule has 1 heterocycles. The molecule has 110 valence electrons.